The third-order valence-corrected chi connectivity index (χ3v) is 5.20. The van der Waals surface area contributed by atoms with E-state index in [9.17, 15) is 13.6 Å². The molecule has 1 fully saturated rings. The van der Waals surface area contributed by atoms with Crippen molar-refractivity contribution in [3.05, 3.63) is 51.9 Å². The predicted molar refractivity (Wildman–Crippen MR) is 103 cm³/mol. The van der Waals surface area contributed by atoms with E-state index in [-0.39, 0.29) is 23.0 Å². The van der Waals surface area contributed by atoms with Crippen molar-refractivity contribution in [1.82, 2.24) is 20.1 Å². The second-order valence-corrected chi connectivity index (χ2v) is 7.37. The van der Waals surface area contributed by atoms with Gasteiger partial charge in [-0.2, -0.15) is 5.10 Å². The summed E-state index contributed by atoms with van der Waals surface area (Å²) in [5.41, 5.74) is 1.29. The van der Waals surface area contributed by atoms with Gasteiger partial charge in [-0.1, -0.05) is 23.2 Å². The van der Waals surface area contributed by atoms with Crippen molar-refractivity contribution in [3.8, 4) is 0 Å². The number of benzene rings is 1. The highest BCUT2D eigenvalue weighted by Crippen LogP contribution is 2.31. The summed E-state index contributed by atoms with van der Waals surface area (Å²) in [5.74, 6) is -0.325. The number of aryl methyl sites for hydroxylation is 1. The summed E-state index contributed by atoms with van der Waals surface area (Å²) in [5, 5.41) is 8.05. The van der Waals surface area contributed by atoms with Gasteiger partial charge in [-0.3, -0.25) is 9.48 Å². The third kappa shape index (κ3) is 3.38. The Bertz CT molecular complexity index is 1070. The third-order valence-electron chi connectivity index (χ3n) is 4.71. The molecule has 28 heavy (non-hydrogen) atoms. The molecule has 4 rings (SSSR count). The van der Waals surface area contributed by atoms with Crippen LogP contribution in [-0.2, 0) is 7.05 Å². The van der Waals surface area contributed by atoms with Crippen LogP contribution in [-0.4, -0.2) is 39.8 Å². The fourth-order valence-corrected chi connectivity index (χ4v) is 3.67. The summed E-state index contributed by atoms with van der Waals surface area (Å²) in [6.07, 6.45) is -1.19. The van der Waals surface area contributed by atoms with Crippen LogP contribution in [0.1, 0.15) is 22.5 Å². The van der Waals surface area contributed by atoms with Crippen LogP contribution in [0.4, 0.5) is 14.5 Å². The number of rotatable bonds is 4. The maximum absolute atomic E-state index is 13.3. The van der Waals surface area contributed by atoms with Gasteiger partial charge in [0.05, 0.1) is 22.3 Å². The number of hydrogen-bond acceptors (Lipinski definition) is 4. The fraction of sp³-hybridized carbons (Fsp3) is 0.278. The molecular weight excluding hydrogens is 411 g/mol. The van der Waals surface area contributed by atoms with Crippen LogP contribution in [0.5, 0.6) is 0 Å². The molecule has 0 radical (unpaired) electrons. The first-order chi connectivity index (χ1) is 13.3. The summed E-state index contributed by atoms with van der Waals surface area (Å²) in [4.78, 5) is 18.4. The Morgan fingerprint density at radius 1 is 1.29 bits per heavy atom. The number of carbonyl (C=O) groups is 1. The Morgan fingerprint density at radius 2 is 2.04 bits per heavy atom. The van der Waals surface area contributed by atoms with Gasteiger partial charge in [-0.25, -0.2) is 13.8 Å². The standard InChI is InChI=1S/C18H15Cl2F2N5O/c1-26-16(17(21)22)11-4-9(2-3-13(11)25-26)18(28)24-10-7-27(8-10)14-5-15(20)23-6-12(14)19/h2-6,10,17H,7-8H2,1H3,(H,24,28). The lowest BCUT2D eigenvalue weighted by Gasteiger charge is -2.41. The molecule has 1 aliphatic rings. The minimum absolute atomic E-state index is 0.0883. The molecule has 0 aliphatic carbocycles. The van der Waals surface area contributed by atoms with Crippen LogP contribution in [0.15, 0.2) is 30.5 Å². The Kier molecular flexibility index (Phi) is 4.84. The molecular formula is C18H15Cl2F2N5O. The molecule has 2 aromatic heterocycles. The van der Waals surface area contributed by atoms with E-state index in [1.54, 1.807) is 18.2 Å². The molecule has 10 heteroatoms. The van der Waals surface area contributed by atoms with Crippen LogP contribution in [0, 0.1) is 0 Å². The Morgan fingerprint density at radius 3 is 2.75 bits per heavy atom. The smallest absolute Gasteiger partial charge is 0.280 e. The van der Waals surface area contributed by atoms with E-state index >= 15 is 0 Å². The van der Waals surface area contributed by atoms with Crippen molar-refractivity contribution < 1.29 is 13.6 Å². The van der Waals surface area contributed by atoms with E-state index in [0.717, 1.165) is 10.4 Å². The van der Waals surface area contributed by atoms with E-state index < -0.39 is 6.43 Å². The Hall–Kier alpha value is -2.45. The normalized spacial score (nSPS) is 14.6. The molecule has 146 valence electrons. The molecule has 1 saturated heterocycles. The number of nitrogens with one attached hydrogen (secondary N) is 1. The SMILES string of the molecule is Cn1nc2ccc(C(=O)NC3CN(c4cc(Cl)ncc4Cl)C3)cc2c1C(F)F. The lowest BCUT2D eigenvalue weighted by atomic mass is 10.1. The first-order valence-corrected chi connectivity index (χ1v) is 9.20. The van der Waals surface area contributed by atoms with Crippen molar-refractivity contribution in [2.75, 3.05) is 18.0 Å². The van der Waals surface area contributed by atoms with Crippen molar-refractivity contribution >= 4 is 45.7 Å². The monoisotopic (exact) mass is 425 g/mol. The van der Waals surface area contributed by atoms with Crippen LogP contribution >= 0.6 is 23.2 Å². The summed E-state index contributed by atoms with van der Waals surface area (Å²) in [7, 11) is 1.46. The van der Waals surface area contributed by atoms with E-state index in [0.29, 0.717) is 34.3 Å². The summed E-state index contributed by atoms with van der Waals surface area (Å²) in [6, 6.07) is 6.19. The number of carbonyl (C=O) groups excluding carboxylic acids is 1. The van der Waals surface area contributed by atoms with Gasteiger partial charge >= 0.3 is 0 Å². The summed E-state index contributed by atoms with van der Waals surface area (Å²) in [6.45, 7) is 1.12. The zero-order chi connectivity index (χ0) is 20.0. The molecule has 3 aromatic rings. The molecule has 0 bridgehead atoms. The number of aromatic nitrogens is 3. The van der Waals surface area contributed by atoms with E-state index in [2.05, 4.69) is 15.4 Å². The lowest BCUT2D eigenvalue weighted by Crippen LogP contribution is -2.59. The van der Waals surface area contributed by atoms with Gasteiger partial charge in [0.25, 0.3) is 12.3 Å². The van der Waals surface area contributed by atoms with E-state index in [1.165, 1.54) is 19.3 Å². The van der Waals surface area contributed by atoms with Gasteiger partial charge in [-0.15, -0.1) is 0 Å². The fourth-order valence-electron chi connectivity index (χ4n) is 3.30. The number of fused-ring (bicyclic) bond motifs is 1. The topological polar surface area (TPSA) is 63.1 Å². The van der Waals surface area contributed by atoms with Crippen LogP contribution in [0.2, 0.25) is 10.2 Å². The van der Waals surface area contributed by atoms with Gasteiger partial charge in [0.2, 0.25) is 0 Å². The second-order valence-electron chi connectivity index (χ2n) is 6.58. The molecule has 1 amide bonds. The average molecular weight is 426 g/mol. The second kappa shape index (κ2) is 7.18. The number of anilines is 1. The quantitative estimate of drug-likeness (QED) is 0.645. The summed E-state index contributed by atoms with van der Waals surface area (Å²) < 4.78 is 27.7. The van der Waals surface area contributed by atoms with E-state index in [4.69, 9.17) is 23.2 Å². The first-order valence-electron chi connectivity index (χ1n) is 8.45. The van der Waals surface area contributed by atoms with E-state index in [1.807, 2.05) is 4.90 Å². The van der Waals surface area contributed by atoms with Crippen LogP contribution < -0.4 is 10.2 Å². The van der Waals surface area contributed by atoms with Gasteiger partial charge in [-0.05, 0) is 18.2 Å². The number of hydrogen-bond donors (Lipinski definition) is 1. The molecule has 1 N–H and O–H groups in total. The summed E-state index contributed by atoms with van der Waals surface area (Å²) >= 11 is 12.0. The largest absolute Gasteiger partial charge is 0.366 e. The number of pyridine rings is 1. The highest BCUT2D eigenvalue weighted by Gasteiger charge is 2.30. The molecule has 1 aromatic carbocycles. The van der Waals surface area contributed by atoms with Crippen LogP contribution in [0.3, 0.4) is 0 Å². The van der Waals surface area contributed by atoms with Gasteiger partial charge in [0.15, 0.2) is 0 Å². The molecule has 3 heterocycles. The number of halogens is 4. The van der Waals surface area contributed by atoms with Crippen molar-refractivity contribution in [3.63, 3.8) is 0 Å². The average Bonchev–Trinajstić information content (AvgIpc) is 2.94. The molecule has 1 aliphatic heterocycles. The zero-order valence-corrected chi connectivity index (χ0v) is 16.2. The van der Waals surface area contributed by atoms with Crippen LogP contribution in [0.25, 0.3) is 10.9 Å². The highest BCUT2D eigenvalue weighted by molar-refractivity contribution is 6.34. The number of alkyl halides is 2. The minimum Gasteiger partial charge on any atom is -0.366 e. The maximum Gasteiger partial charge on any atom is 0.280 e. The zero-order valence-electron chi connectivity index (χ0n) is 14.7. The maximum atomic E-state index is 13.3. The minimum atomic E-state index is -2.68. The number of nitrogens with zero attached hydrogens (tertiary/aromatic N) is 4. The molecule has 0 atom stereocenters. The molecule has 6 nitrogen and oxygen atoms in total. The molecule has 0 saturated carbocycles. The molecule has 0 unspecified atom stereocenters. The first kappa shape index (κ1) is 18.9. The Balaban J connectivity index is 1.46. The van der Waals surface area contributed by atoms with Crippen molar-refractivity contribution in [2.45, 2.75) is 12.5 Å². The van der Waals surface area contributed by atoms with Gasteiger partial charge in [0.1, 0.15) is 10.8 Å². The van der Waals surface area contributed by atoms with Crippen molar-refractivity contribution in [2.24, 2.45) is 7.05 Å². The lowest BCUT2D eigenvalue weighted by molar-refractivity contribution is 0.0930. The highest BCUT2D eigenvalue weighted by atomic mass is 35.5. The predicted octanol–water partition coefficient (Wildman–Crippen LogP) is 3.83. The Labute approximate surface area is 169 Å². The van der Waals surface area contributed by atoms with Gasteiger partial charge < -0.3 is 10.2 Å². The number of amides is 1. The van der Waals surface area contributed by atoms with Crippen molar-refractivity contribution in [1.29, 1.82) is 0 Å². The molecule has 0 spiro atoms. The van der Waals surface area contributed by atoms with Gasteiger partial charge in [0, 0.05) is 43.4 Å².